The van der Waals surface area contributed by atoms with Crippen LogP contribution in [0.4, 0.5) is 0 Å². The fraction of sp³-hybridized carbons (Fsp3) is 0.875. The SMILES string of the molecule is CCOP(=O)(CCCC=O)OCC. The molecule has 0 N–H and O–H groups in total. The van der Waals surface area contributed by atoms with Gasteiger partial charge in [-0.05, 0) is 20.3 Å². The first-order valence-electron chi connectivity index (χ1n) is 4.50. The van der Waals surface area contributed by atoms with E-state index in [1.54, 1.807) is 13.8 Å². The van der Waals surface area contributed by atoms with E-state index < -0.39 is 7.60 Å². The van der Waals surface area contributed by atoms with E-state index in [1.807, 2.05) is 0 Å². The molecule has 0 heterocycles. The van der Waals surface area contributed by atoms with Gasteiger partial charge in [0.25, 0.3) is 0 Å². The molecule has 0 unspecified atom stereocenters. The summed E-state index contributed by atoms with van der Waals surface area (Å²) < 4.78 is 21.8. The van der Waals surface area contributed by atoms with Crippen LogP contribution in [0.1, 0.15) is 26.7 Å². The normalized spacial score (nSPS) is 11.5. The molecule has 0 aliphatic carbocycles. The zero-order valence-corrected chi connectivity index (χ0v) is 9.09. The zero-order valence-electron chi connectivity index (χ0n) is 8.19. The number of carbonyl (C=O) groups excluding carboxylic acids is 1. The summed E-state index contributed by atoms with van der Waals surface area (Å²) in [7, 11) is -2.91. The third-order valence-electron chi connectivity index (χ3n) is 1.41. The van der Waals surface area contributed by atoms with Crippen LogP contribution in [0.5, 0.6) is 0 Å². The molecule has 78 valence electrons. The van der Waals surface area contributed by atoms with Gasteiger partial charge in [0, 0.05) is 6.42 Å². The first kappa shape index (κ1) is 12.8. The monoisotopic (exact) mass is 208 g/mol. The van der Waals surface area contributed by atoms with Crippen molar-refractivity contribution in [3.05, 3.63) is 0 Å². The van der Waals surface area contributed by atoms with Crippen LogP contribution < -0.4 is 0 Å². The molecule has 0 radical (unpaired) electrons. The molecular formula is C8H17O4P. The summed E-state index contributed by atoms with van der Waals surface area (Å²) in [5.41, 5.74) is 0. The Kier molecular flexibility index (Phi) is 7.14. The zero-order chi connectivity index (χ0) is 10.2. The molecule has 0 aliphatic heterocycles. The van der Waals surface area contributed by atoms with Gasteiger partial charge in [-0.2, -0.15) is 0 Å². The lowest BCUT2D eigenvalue weighted by Gasteiger charge is -2.15. The highest BCUT2D eigenvalue weighted by Crippen LogP contribution is 2.48. The average Bonchev–Trinajstić information content (AvgIpc) is 2.05. The minimum absolute atomic E-state index is 0.327. The van der Waals surface area contributed by atoms with Crippen molar-refractivity contribution in [3.63, 3.8) is 0 Å². The van der Waals surface area contributed by atoms with Gasteiger partial charge in [-0.1, -0.05) is 0 Å². The van der Waals surface area contributed by atoms with Crippen molar-refractivity contribution < 1.29 is 18.4 Å². The first-order chi connectivity index (χ1) is 6.18. The predicted octanol–water partition coefficient (Wildman–Crippen LogP) is 2.23. The molecular weight excluding hydrogens is 191 g/mol. The molecule has 0 saturated heterocycles. The molecule has 13 heavy (non-hydrogen) atoms. The smallest absolute Gasteiger partial charge is 0.309 e. The van der Waals surface area contributed by atoms with Crippen LogP contribution >= 0.6 is 7.60 Å². The standard InChI is InChI=1S/C8H17O4P/c1-3-11-13(10,12-4-2)8-6-5-7-9/h7H,3-6,8H2,1-2H3. The molecule has 0 rings (SSSR count). The molecule has 0 atom stereocenters. The summed E-state index contributed by atoms with van der Waals surface area (Å²) in [5, 5.41) is 0. The van der Waals surface area contributed by atoms with Gasteiger partial charge in [-0.3, -0.25) is 4.57 Å². The maximum atomic E-state index is 11.7. The lowest BCUT2D eigenvalue weighted by atomic mass is 10.4. The first-order valence-corrected chi connectivity index (χ1v) is 6.23. The highest BCUT2D eigenvalue weighted by atomic mass is 31.2. The molecule has 4 nitrogen and oxygen atoms in total. The largest absolute Gasteiger partial charge is 0.330 e. The van der Waals surface area contributed by atoms with Crippen molar-refractivity contribution in [1.82, 2.24) is 0 Å². The number of hydrogen-bond donors (Lipinski definition) is 0. The Morgan fingerprint density at radius 1 is 1.23 bits per heavy atom. The van der Waals surface area contributed by atoms with Crippen LogP contribution in [0.3, 0.4) is 0 Å². The maximum absolute atomic E-state index is 11.7. The number of rotatable bonds is 8. The fourth-order valence-electron chi connectivity index (χ4n) is 0.928. The Morgan fingerprint density at radius 3 is 2.15 bits per heavy atom. The fourth-order valence-corrected chi connectivity index (χ4v) is 2.62. The lowest BCUT2D eigenvalue weighted by Crippen LogP contribution is -2.00. The number of aldehydes is 1. The summed E-state index contributed by atoms with van der Waals surface area (Å²) in [6, 6.07) is 0. The Labute approximate surface area is 79.1 Å². The van der Waals surface area contributed by atoms with E-state index in [-0.39, 0.29) is 0 Å². The van der Waals surface area contributed by atoms with Crippen LogP contribution in [-0.4, -0.2) is 25.7 Å². The van der Waals surface area contributed by atoms with Gasteiger partial charge in [0.05, 0.1) is 19.4 Å². The predicted molar refractivity (Wildman–Crippen MR) is 51.0 cm³/mol. The van der Waals surface area contributed by atoms with Gasteiger partial charge < -0.3 is 13.8 Å². The molecule has 0 aromatic carbocycles. The van der Waals surface area contributed by atoms with Gasteiger partial charge in [0.15, 0.2) is 0 Å². The van der Waals surface area contributed by atoms with Crippen molar-refractivity contribution >= 4 is 13.9 Å². The highest BCUT2D eigenvalue weighted by Gasteiger charge is 2.22. The third-order valence-corrected chi connectivity index (χ3v) is 3.57. The lowest BCUT2D eigenvalue weighted by molar-refractivity contribution is -0.107. The molecule has 0 aromatic heterocycles. The van der Waals surface area contributed by atoms with Gasteiger partial charge in [0.1, 0.15) is 6.29 Å². The average molecular weight is 208 g/mol. The maximum Gasteiger partial charge on any atom is 0.330 e. The molecule has 0 fully saturated rings. The van der Waals surface area contributed by atoms with Crippen LogP contribution in [0.25, 0.3) is 0 Å². The van der Waals surface area contributed by atoms with Gasteiger partial charge in [-0.15, -0.1) is 0 Å². The Bertz CT molecular complexity index is 171. The minimum atomic E-state index is -2.91. The quantitative estimate of drug-likeness (QED) is 0.348. The molecule has 5 heteroatoms. The summed E-state index contributed by atoms with van der Waals surface area (Å²) in [6.45, 7) is 4.29. The van der Waals surface area contributed by atoms with Gasteiger partial charge in [0.2, 0.25) is 0 Å². The van der Waals surface area contributed by atoms with Crippen LogP contribution in [0, 0.1) is 0 Å². The summed E-state index contributed by atoms with van der Waals surface area (Å²) in [6.07, 6.45) is 2.10. The van der Waals surface area contributed by atoms with Crippen molar-refractivity contribution in [2.24, 2.45) is 0 Å². The van der Waals surface area contributed by atoms with E-state index in [0.717, 1.165) is 6.29 Å². The van der Waals surface area contributed by atoms with Crippen LogP contribution in [0.15, 0.2) is 0 Å². The number of carbonyl (C=O) groups is 1. The Hall–Kier alpha value is -0.180. The van der Waals surface area contributed by atoms with Crippen molar-refractivity contribution in [2.75, 3.05) is 19.4 Å². The van der Waals surface area contributed by atoms with Crippen LogP contribution in [0.2, 0.25) is 0 Å². The van der Waals surface area contributed by atoms with E-state index >= 15 is 0 Å². The second kappa shape index (κ2) is 7.25. The van der Waals surface area contributed by atoms with E-state index in [4.69, 9.17) is 9.05 Å². The molecule has 0 spiro atoms. The van der Waals surface area contributed by atoms with Crippen molar-refractivity contribution in [1.29, 1.82) is 0 Å². The molecule has 0 aromatic rings. The van der Waals surface area contributed by atoms with Crippen molar-refractivity contribution in [3.8, 4) is 0 Å². The summed E-state index contributed by atoms with van der Waals surface area (Å²) >= 11 is 0. The topological polar surface area (TPSA) is 52.6 Å². The van der Waals surface area contributed by atoms with Crippen LogP contribution in [-0.2, 0) is 18.4 Å². The molecule has 0 amide bonds. The Morgan fingerprint density at radius 2 is 1.77 bits per heavy atom. The minimum Gasteiger partial charge on any atom is -0.309 e. The highest BCUT2D eigenvalue weighted by molar-refractivity contribution is 7.53. The van der Waals surface area contributed by atoms with Crippen molar-refractivity contribution in [2.45, 2.75) is 26.7 Å². The van der Waals surface area contributed by atoms with E-state index in [9.17, 15) is 9.36 Å². The third kappa shape index (κ3) is 5.97. The second-order valence-corrected chi connectivity index (χ2v) is 4.66. The molecule has 0 aliphatic rings. The van der Waals surface area contributed by atoms with E-state index in [0.29, 0.717) is 32.2 Å². The number of hydrogen-bond acceptors (Lipinski definition) is 4. The van der Waals surface area contributed by atoms with E-state index in [1.165, 1.54) is 0 Å². The second-order valence-electron chi connectivity index (χ2n) is 2.48. The Balaban J connectivity index is 3.91. The summed E-state index contributed by atoms with van der Waals surface area (Å²) in [4.78, 5) is 10.0. The summed E-state index contributed by atoms with van der Waals surface area (Å²) in [5.74, 6) is 0. The van der Waals surface area contributed by atoms with E-state index in [2.05, 4.69) is 0 Å². The van der Waals surface area contributed by atoms with Gasteiger partial charge >= 0.3 is 7.60 Å². The number of unbranched alkanes of at least 4 members (excludes halogenated alkanes) is 1. The molecule has 0 saturated carbocycles. The molecule has 0 bridgehead atoms. The van der Waals surface area contributed by atoms with Gasteiger partial charge in [-0.25, -0.2) is 0 Å².